The van der Waals surface area contributed by atoms with E-state index in [2.05, 4.69) is 5.32 Å². The summed E-state index contributed by atoms with van der Waals surface area (Å²) in [6.45, 7) is 2.49. The maximum atomic E-state index is 13.1. The Hall–Kier alpha value is -3.04. The van der Waals surface area contributed by atoms with Crippen LogP contribution in [0.2, 0.25) is 5.02 Å². The van der Waals surface area contributed by atoms with Crippen molar-refractivity contribution in [3.63, 3.8) is 0 Å². The minimum absolute atomic E-state index is 0.0397. The molecule has 8 nitrogen and oxygen atoms in total. The highest BCUT2D eigenvalue weighted by Crippen LogP contribution is 2.36. The Balaban J connectivity index is 1.85. The molecule has 0 aliphatic carbocycles. The zero-order valence-corrected chi connectivity index (χ0v) is 18.9. The molecule has 10 heteroatoms. The predicted octanol–water partition coefficient (Wildman–Crippen LogP) is 3.21. The van der Waals surface area contributed by atoms with Gasteiger partial charge in [0.2, 0.25) is 5.91 Å². The molecule has 2 aromatic carbocycles. The van der Waals surface area contributed by atoms with E-state index in [1.807, 2.05) is 0 Å². The smallest absolute Gasteiger partial charge is 0.268 e. The van der Waals surface area contributed by atoms with Crippen LogP contribution < -0.4 is 14.8 Å². The molecule has 0 spiro atoms. The van der Waals surface area contributed by atoms with Crippen LogP contribution >= 0.6 is 11.6 Å². The molecule has 0 bridgehead atoms. The van der Waals surface area contributed by atoms with Gasteiger partial charge in [0, 0.05) is 16.7 Å². The van der Waals surface area contributed by atoms with Crippen molar-refractivity contribution in [1.82, 2.24) is 4.31 Å². The third kappa shape index (κ3) is 4.24. The number of carbonyl (C=O) groups is 2. The van der Waals surface area contributed by atoms with Crippen LogP contribution in [0.4, 0.5) is 5.69 Å². The van der Waals surface area contributed by atoms with Crippen molar-refractivity contribution in [1.29, 1.82) is 0 Å². The number of hydrogen-bond donors (Lipinski definition) is 1. The van der Waals surface area contributed by atoms with Crippen molar-refractivity contribution in [2.45, 2.75) is 13.8 Å². The summed E-state index contributed by atoms with van der Waals surface area (Å²) in [7, 11) is -1.30. The van der Waals surface area contributed by atoms with Gasteiger partial charge in [-0.1, -0.05) is 11.6 Å². The quantitative estimate of drug-likeness (QED) is 0.704. The fourth-order valence-corrected chi connectivity index (χ4v) is 5.14. The molecule has 3 rings (SSSR count). The maximum Gasteiger partial charge on any atom is 0.268 e. The summed E-state index contributed by atoms with van der Waals surface area (Å²) in [5.74, 6) is -0.583. The van der Waals surface area contributed by atoms with E-state index in [0.29, 0.717) is 37.6 Å². The average Bonchev–Trinajstić information content (AvgIpc) is 2.89. The van der Waals surface area contributed by atoms with E-state index in [1.54, 1.807) is 37.3 Å². The van der Waals surface area contributed by atoms with Gasteiger partial charge in [0.05, 0.1) is 19.9 Å². The average molecular weight is 465 g/mol. The monoisotopic (exact) mass is 464 g/mol. The molecule has 31 heavy (non-hydrogen) atoms. The van der Waals surface area contributed by atoms with Gasteiger partial charge in [-0.3, -0.25) is 9.59 Å². The number of anilines is 1. The maximum absolute atomic E-state index is 13.1. The van der Waals surface area contributed by atoms with Crippen molar-refractivity contribution < 1.29 is 27.5 Å². The molecule has 164 valence electrons. The van der Waals surface area contributed by atoms with Crippen LogP contribution in [-0.2, 0) is 19.6 Å². The number of aryl methyl sites for hydroxylation is 1. The first-order valence-electron chi connectivity index (χ1n) is 9.16. The summed E-state index contributed by atoms with van der Waals surface area (Å²) in [6, 6.07) is 9.43. The molecule has 1 heterocycles. The van der Waals surface area contributed by atoms with E-state index >= 15 is 0 Å². The van der Waals surface area contributed by atoms with Crippen LogP contribution in [-0.4, -0.2) is 45.3 Å². The summed E-state index contributed by atoms with van der Waals surface area (Å²) in [6.07, 6.45) is 0. The summed E-state index contributed by atoms with van der Waals surface area (Å²) < 4.78 is 37.0. The Morgan fingerprint density at radius 3 is 2.32 bits per heavy atom. The van der Waals surface area contributed by atoms with Crippen molar-refractivity contribution >= 4 is 44.0 Å². The fourth-order valence-electron chi connectivity index (χ4n) is 3.21. The number of rotatable bonds is 6. The Morgan fingerprint density at radius 2 is 1.74 bits per heavy atom. The Bertz CT molecular complexity index is 1190. The van der Waals surface area contributed by atoms with E-state index in [9.17, 15) is 18.0 Å². The zero-order valence-electron chi connectivity index (χ0n) is 17.4. The number of halogens is 1. The molecule has 1 aliphatic rings. The van der Waals surface area contributed by atoms with E-state index < -0.39 is 28.4 Å². The van der Waals surface area contributed by atoms with Crippen molar-refractivity contribution in [2.24, 2.45) is 0 Å². The van der Waals surface area contributed by atoms with Crippen LogP contribution in [0, 0.1) is 6.92 Å². The number of amides is 2. The summed E-state index contributed by atoms with van der Waals surface area (Å²) in [5.41, 5.74) is 1.39. The number of nitrogens with zero attached hydrogens (tertiary/aromatic N) is 1. The highest BCUT2D eigenvalue weighted by molar-refractivity contribution is 7.99. The highest BCUT2D eigenvalue weighted by atomic mass is 35.5. The number of hydrogen-bond acceptors (Lipinski definition) is 6. The summed E-state index contributed by atoms with van der Waals surface area (Å²) >= 11 is 6.07. The van der Waals surface area contributed by atoms with Gasteiger partial charge >= 0.3 is 0 Å². The number of nitrogens with one attached hydrogen (secondary N) is 1. The number of methoxy groups -OCH3 is 2. The Kier molecular flexibility index (Phi) is 6.28. The minimum Gasteiger partial charge on any atom is -0.497 e. The summed E-state index contributed by atoms with van der Waals surface area (Å²) in [4.78, 5) is 25.2. The van der Waals surface area contributed by atoms with E-state index in [0.717, 1.165) is 0 Å². The van der Waals surface area contributed by atoms with Crippen molar-refractivity contribution in [2.75, 3.05) is 26.1 Å². The summed E-state index contributed by atoms with van der Waals surface area (Å²) in [5, 5.41) is 3.04. The van der Waals surface area contributed by atoms with Crippen molar-refractivity contribution in [3.05, 3.63) is 58.1 Å². The third-order valence-electron chi connectivity index (χ3n) is 4.83. The predicted molar refractivity (Wildman–Crippen MR) is 118 cm³/mol. The van der Waals surface area contributed by atoms with Gasteiger partial charge in [-0.25, -0.2) is 12.7 Å². The Labute approximate surface area is 185 Å². The molecule has 0 atom stereocenters. The molecule has 2 amide bonds. The molecular weight excluding hydrogens is 444 g/mol. The van der Waals surface area contributed by atoms with Crippen molar-refractivity contribution in [3.8, 4) is 11.5 Å². The minimum atomic E-state index is -4.21. The number of carbonyl (C=O) groups excluding carboxylic acids is 2. The number of sulfonamides is 1. The normalized spacial score (nSPS) is 15.3. The van der Waals surface area contributed by atoms with Crippen LogP contribution in [0.3, 0.4) is 0 Å². The van der Waals surface area contributed by atoms with E-state index in [-0.39, 0.29) is 10.5 Å². The lowest BCUT2D eigenvalue weighted by Gasteiger charge is -2.18. The molecular formula is C21H21ClN2O6S. The lowest BCUT2D eigenvalue weighted by molar-refractivity contribution is -0.126. The van der Waals surface area contributed by atoms with Gasteiger partial charge in [-0.05, 0) is 55.3 Å². The van der Waals surface area contributed by atoms with Gasteiger partial charge in [0.1, 0.15) is 22.9 Å². The molecule has 0 fully saturated rings. The second kappa shape index (κ2) is 8.60. The SMILES string of the molecule is COc1ccc(C2=C(C)C(=O)N(CC(=O)Nc3cc(C)c(Cl)cc3OC)S2(=O)=O)cc1. The van der Waals surface area contributed by atoms with Gasteiger partial charge < -0.3 is 14.8 Å². The van der Waals surface area contributed by atoms with Crippen LogP contribution in [0.5, 0.6) is 11.5 Å². The molecule has 1 aliphatic heterocycles. The van der Waals surface area contributed by atoms with Gasteiger partial charge in [0.25, 0.3) is 15.9 Å². The van der Waals surface area contributed by atoms with Gasteiger partial charge in [-0.15, -0.1) is 0 Å². The molecule has 0 radical (unpaired) electrons. The number of ether oxygens (including phenoxy) is 2. The second-order valence-corrected chi connectivity index (χ2v) is 9.06. The lowest BCUT2D eigenvalue weighted by atomic mass is 10.1. The molecule has 0 unspecified atom stereocenters. The first kappa shape index (κ1) is 22.6. The second-order valence-electron chi connectivity index (χ2n) is 6.85. The van der Waals surface area contributed by atoms with E-state index in [1.165, 1.54) is 27.2 Å². The molecule has 2 aromatic rings. The lowest BCUT2D eigenvalue weighted by Crippen LogP contribution is -2.38. The molecule has 0 aromatic heterocycles. The molecule has 0 saturated carbocycles. The fraction of sp³-hybridized carbons (Fsp3) is 0.238. The zero-order chi connectivity index (χ0) is 22.9. The Morgan fingerprint density at radius 1 is 1.10 bits per heavy atom. The third-order valence-corrected chi connectivity index (χ3v) is 7.17. The van der Waals surface area contributed by atoms with Gasteiger partial charge in [-0.2, -0.15) is 0 Å². The van der Waals surface area contributed by atoms with Crippen LogP contribution in [0.25, 0.3) is 4.91 Å². The number of benzene rings is 2. The largest absolute Gasteiger partial charge is 0.497 e. The van der Waals surface area contributed by atoms with E-state index in [4.69, 9.17) is 21.1 Å². The first-order chi connectivity index (χ1) is 14.6. The van der Waals surface area contributed by atoms with Gasteiger partial charge in [0.15, 0.2) is 0 Å². The standard InChI is InChI=1S/C21H21ClN2O6S/c1-12-9-17(18(30-4)10-16(12)22)23-19(25)11-24-21(26)13(2)20(31(24,27)28)14-5-7-15(29-3)8-6-14/h5-10H,11H2,1-4H3,(H,23,25). The highest BCUT2D eigenvalue weighted by Gasteiger charge is 2.43. The first-order valence-corrected chi connectivity index (χ1v) is 11.0. The molecule has 1 N–H and O–H groups in total. The van der Waals surface area contributed by atoms with Crippen LogP contribution in [0.1, 0.15) is 18.1 Å². The topological polar surface area (TPSA) is 102 Å². The molecule has 0 saturated heterocycles. The van der Waals surface area contributed by atoms with Crippen LogP contribution in [0.15, 0.2) is 42.0 Å².